The van der Waals surface area contributed by atoms with E-state index in [0.29, 0.717) is 13.1 Å². The van der Waals surface area contributed by atoms with Crippen molar-refractivity contribution in [2.45, 2.75) is 6.04 Å². The number of carbonyl (C=O) groups excluding carboxylic acids is 1. The van der Waals surface area contributed by atoms with Gasteiger partial charge in [-0.15, -0.1) is 11.3 Å². The maximum absolute atomic E-state index is 12.4. The summed E-state index contributed by atoms with van der Waals surface area (Å²) in [6.07, 6.45) is 5.23. The lowest BCUT2D eigenvalue weighted by atomic mass is 10.1. The molecule has 1 unspecified atom stereocenters. The summed E-state index contributed by atoms with van der Waals surface area (Å²) < 4.78 is 1.66. The van der Waals surface area contributed by atoms with E-state index in [-0.39, 0.29) is 5.91 Å². The van der Waals surface area contributed by atoms with E-state index in [9.17, 15) is 4.79 Å². The number of rotatable bonds is 3. The summed E-state index contributed by atoms with van der Waals surface area (Å²) in [7, 11) is 1.81. The molecular weight excluding hydrogens is 288 g/mol. The first kappa shape index (κ1) is 14.0. The molecular formula is C13H18N6OS. The molecule has 1 aliphatic heterocycles. The third kappa shape index (κ3) is 2.91. The fourth-order valence-electron chi connectivity index (χ4n) is 2.43. The van der Waals surface area contributed by atoms with E-state index in [0.717, 1.165) is 23.8 Å². The number of hydrogen-bond acceptors (Lipinski definition) is 6. The minimum Gasteiger partial charge on any atom is -0.345 e. The second kappa shape index (κ2) is 5.82. The highest BCUT2D eigenvalue weighted by Crippen LogP contribution is 2.20. The van der Waals surface area contributed by atoms with Crippen LogP contribution in [0.3, 0.4) is 0 Å². The summed E-state index contributed by atoms with van der Waals surface area (Å²) in [6.45, 7) is 2.93. The molecule has 0 bridgehead atoms. The Kier molecular flexibility index (Phi) is 3.89. The fourth-order valence-corrected chi connectivity index (χ4v) is 3.13. The van der Waals surface area contributed by atoms with Crippen molar-refractivity contribution in [3.63, 3.8) is 0 Å². The number of amides is 1. The Balaban J connectivity index is 1.60. The molecule has 1 aliphatic rings. The quantitative estimate of drug-likeness (QED) is 0.878. The highest BCUT2D eigenvalue weighted by Gasteiger charge is 2.27. The molecule has 0 aromatic carbocycles. The summed E-state index contributed by atoms with van der Waals surface area (Å²) in [5.74, 6) is -0.0400. The molecule has 7 nitrogen and oxygen atoms in total. The summed E-state index contributed by atoms with van der Waals surface area (Å²) in [5, 5.41) is 7.04. The van der Waals surface area contributed by atoms with Crippen molar-refractivity contribution < 1.29 is 4.79 Å². The molecule has 8 heteroatoms. The molecule has 0 radical (unpaired) electrons. The van der Waals surface area contributed by atoms with Gasteiger partial charge in [-0.1, -0.05) is 0 Å². The van der Waals surface area contributed by atoms with Crippen LogP contribution in [0.4, 0.5) is 5.13 Å². The molecule has 1 fully saturated rings. The molecule has 3 rings (SSSR count). The Hall–Kier alpha value is -1.93. The zero-order valence-corrected chi connectivity index (χ0v) is 12.7. The number of aryl methyl sites for hydroxylation is 1. The van der Waals surface area contributed by atoms with Crippen LogP contribution in [0.1, 0.15) is 11.6 Å². The van der Waals surface area contributed by atoms with Gasteiger partial charge in [0.15, 0.2) is 5.13 Å². The first-order chi connectivity index (χ1) is 10.1. The topological polar surface area (TPSA) is 80.3 Å². The van der Waals surface area contributed by atoms with Crippen LogP contribution < -0.4 is 10.6 Å². The number of piperazine rings is 1. The highest BCUT2D eigenvalue weighted by atomic mass is 32.1. The molecule has 0 spiro atoms. The van der Waals surface area contributed by atoms with Crippen molar-refractivity contribution in [2.75, 3.05) is 31.1 Å². The second-order valence-corrected chi connectivity index (χ2v) is 5.93. The van der Waals surface area contributed by atoms with E-state index in [1.807, 2.05) is 17.3 Å². The van der Waals surface area contributed by atoms with E-state index in [2.05, 4.69) is 15.0 Å². The van der Waals surface area contributed by atoms with Crippen LogP contribution in [0.5, 0.6) is 0 Å². The van der Waals surface area contributed by atoms with Crippen LogP contribution in [-0.4, -0.2) is 51.8 Å². The van der Waals surface area contributed by atoms with Gasteiger partial charge in [0, 0.05) is 56.6 Å². The number of hydrogen-bond donors (Lipinski definition) is 1. The van der Waals surface area contributed by atoms with Gasteiger partial charge in [-0.3, -0.25) is 9.48 Å². The van der Waals surface area contributed by atoms with Gasteiger partial charge in [0.05, 0.1) is 6.20 Å². The SMILES string of the molecule is Cn1cc(C(N)C(=O)N2CCN(c3nccs3)CC2)cn1. The van der Waals surface area contributed by atoms with Gasteiger partial charge in [0.2, 0.25) is 5.91 Å². The average Bonchev–Trinajstić information content (AvgIpc) is 3.17. The number of anilines is 1. The van der Waals surface area contributed by atoms with Gasteiger partial charge >= 0.3 is 0 Å². The van der Waals surface area contributed by atoms with Gasteiger partial charge < -0.3 is 15.5 Å². The maximum Gasteiger partial charge on any atom is 0.244 e. The molecule has 1 saturated heterocycles. The number of nitrogens with two attached hydrogens (primary N) is 1. The van der Waals surface area contributed by atoms with Gasteiger partial charge in [-0.05, 0) is 0 Å². The molecule has 112 valence electrons. The largest absolute Gasteiger partial charge is 0.345 e. The lowest BCUT2D eigenvalue weighted by Crippen LogP contribution is -2.51. The maximum atomic E-state index is 12.4. The van der Waals surface area contributed by atoms with Crippen molar-refractivity contribution in [3.8, 4) is 0 Å². The van der Waals surface area contributed by atoms with Gasteiger partial charge in [-0.25, -0.2) is 4.98 Å². The Morgan fingerprint density at radius 3 is 2.71 bits per heavy atom. The Bertz CT molecular complexity index is 602. The van der Waals surface area contributed by atoms with Crippen molar-refractivity contribution in [1.29, 1.82) is 0 Å². The van der Waals surface area contributed by atoms with E-state index in [1.165, 1.54) is 0 Å². The van der Waals surface area contributed by atoms with E-state index in [1.54, 1.807) is 34.6 Å². The lowest BCUT2D eigenvalue weighted by molar-refractivity contribution is -0.133. The summed E-state index contributed by atoms with van der Waals surface area (Å²) in [5.41, 5.74) is 6.80. The Labute approximate surface area is 127 Å². The van der Waals surface area contributed by atoms with Crippen molar-refractivity contribution in [1.82, 2.24) is 19.7 Å². The van der Waals surface area contributed by atoms with E-state index in [4.69, 9.17) is 5.73 Å². The second-order valence-electron chi connectivity index (χ2n) is 5.05. The number of carbonyl (C=O) groups is 1. The van der Waals surface area contributed by atoms with Crippen LogP contribution in [0, 0.1) is 0 Å². The average molecular weight is 306 g/mol. The fraction of sp³-hybridized carbons (Fsp3) is 0.462. The highest BCUT2D eigenvalue weighted by molar-refractivity contribution is 7.13. The van der Waals surface area contributed by atoms with Crippen LogP contribution in [0.2, 0.25) is 0 Å². The third-order valence-corrected chi connectivity index (χ3v) is 4.46. The molecule has 2 N–H and O–H groups in total. The predicted molar refractivity (Wildman–Crippen MR) is 81.0 cm³/mol. The first-order valence-corrected chi connectivity index (χ1v) is 7.70. The minimum absolute atomic E-state index is 0.0400. The molecule has 1 atom stereocenters. The van der Waals surface area contributed by atoms with Crippen molar-refractivity contribution >= 4 is 22.4 Å². The third-order valence-electron chi connectivity index (χ3n) is 3.63. The first-order valence-electron chi connectivity index (χ1n) is 6.82. The number of thiazole rings is 1. The summed E-state index contributed by atoms with van der Waals surface area (Å²) >= 11 is 1.62. The van der Waals surface area contributed by atoms with Crippen LogP contribution in [0.15, 0.2) is 24.0 Å². The van der Waals surface area contributed by atoms with E-state index < -0.39 is 6.04 Å². The monoisotopic (exact) mass is 306 g/mol. The smallest absolute Gasteiger partial charge is 0.244 e. The molecule has 21 heavy (non-hydrogen) atoms. The number of aromatic nitrogens is 3. The normalized spacial score (nSPS) is 17.0. The molecule has 0 aliphatic carbocycles. The minimum atomic E-state index is -0.634. The van der Waals surface area contributed by atoms with E-state index >= 15 is 0 Å². The van der Waals surface area contributed by atoms with Gasteiger partial charge in [-0.2, -0.15) is 5.10 Å². The zero-order valence-electron chi connectivity index (χ0n) is 11.8. The molecule has 1 amide bonds. The van der Waals surface area contributed by atoms with Crippen LogP contribution in [-0.2, 0) is 11.8 Å². The summed E-state index contributed by atoms with van der Waals surface area (Å²) in [4.78, 5) is 20.8. The zero-order chi connectivity index (χ0) is 14.8. The molecule has 2 aromatic rings. The van der Waals surface area contributed by atoms with Crippen molar-refractivity contribution in [2.24, 2.45) is 12.8 Å². The van der Waals surface area contributed by atoms with Crippen molar-refractivity contribution in [3.05, 3.63) is 29.5 Å². The van der Waals surface area contributed by atoms with Gasteiger partial charge in [0.1, 0.15) is 6.04 Å². The van der Waals surface area contributed by atoms with Gasteiger partial charge in [0.25, 0.3) is 0 Å². The van der Waals surface area contributed by atoms with Crippen LogP contribution in [0.25, 0.3) is 0 Å². The Morgan fingerprint density at radius 2 is 2.14 bits per heavy atom. The summed E-state index contributed by atoms with van der Waals surface area (Å²) in [6, 6.07) is -0.634. The standard InChI is InChI=1S/C13H18N6OS/c1-17-9-10(8-16-17)11(14)12(20)18-3-5-19(6-4-18)13-15-2-7-21-13/h2,7-9,11H,3-6,14H2,1H3. The predicted octanol–water partition coefficient (Wildman–Crippen LogP) is 0.225. The lowest BCUT2D eigenvalue weighted by Gasteiger charge is -2.35. The Morgan fingerprint density at radius 1 is 1.38 bits per heavy atom. The number of nitrogens with zero attached hydrogens (tertiary/aromatic N) is 5. The molecule has 3 heterocycles. The van der Waals surface area contributed by atoms with Crippen LogP contribution >= 0.6 is 11.3 Å². The molecule has 2 aromatic heterocycles. The molecule has 0 saturated carbocycles.